The Morgan fingerprint density at radius 1 is 1.47 bits per heavy atom. The molecular weight excluding hydrogens is 220 g/mol. The van der Waals surface area contributed by atoms with E-state index in [0.29, 0.717) is 17.5 Å². The van der Waals surface area contributed by atoms with Crippen LogP contribution in [0.1, 0.15) is 31.1 Å². The van der Waals surface area contributed by atoms with Gasteiger partial charge < -0.3 is 14.6 Å². The summed E-state index contributed by atoms with van der Waals surface area (Å²) in [7, 11) is 1.55. The second-order valence-electron chi connectivity index (χ2n) is 4.29. The number of rotatable bonds is 4. The van der Waals surface area contributed by atoms with Crippen molar-refractivity contribution in [2.24, 2.45) is 5.92 Å². The maximum atomic E-state index is 10.1. The Bertz CT molecular complexity index is 353. The molecule has 0 saturated carbocycles. The van der Waals surface area contributed by atoms with E-state index in [4.69, 9.17) is 9.47 Å². The molecule has 0 radical (unpaired) electrons. The van der Waals surface area contributed by atoms with Crippen LogP contribution in [0.25, 0.3) is 0 Å². The summed E-state index contributed by atoms with van der Waals surface area (Å²) in [4.78, 5) is 8.00. The predicted octanol–water partition coefficient (Wildman–Crippen LogP) is 1.34. The second kappa shape index (κ2) is 5.93. The van der Waals surface area contributed by atoms with E-state index in [1.807, 2.05) is 0 Å². The molecule has 1 aliphatic heterocycles. The van der Waals surface area contributed by atoms with Gasteiger partial charge in [-0.3, -0.25) is 0 Å². The molecule has 1 atom stereocenters. The molecule has 1 unspecified atom stereocenters. The van der Waals surface area contributed by atoms with Gasteiger partial charge in [-0.15, -0.1) is 0 Å². The van der Waals surface area contributed by atoms with E-state index in [0.717, 1.165) is 32.5 Å². The zero-order valence-corrected chi connectivity index (χ0v) is 10.0. The van der Waals surface area contributed by atoms with Gasteiger partial charge in [0.15, 0.2) is 0 Å². The molecule has 1 fully saturated rings. The van der Waals surface area contributed by atoms with Crippen molar-refractivity contribution in [2.75, 3.05) is 20.3 Å². The van der Waals surface area contributed by atoms with Crippen LogP contribution in [0.3, 0.4) is 0 Å². The van der Waals surface area contributed by atoms with Crippen LogP contribution in [-0.2, 0) is 4.74 Å². The summed E-state index contributed by atoms with van der Waals surface area (Å²) in [6.45, 7) is 1.59. The first-order chi connectivity index (χ1) is 8.29. The number of methoxy groups -OCH3 is 1. The van der Waals surface area contributed by atoms with E-state index in [9.17, 15) is 5.11 Å². The zero-order valence-electron chi connectivity index (χ0n) is 10.0. The van der Waals surface area contributed by atoms with Gasteiger partial charge in [-0.2, -0.15) is 0 Å². The molecule has 1 aromatic rings. The van der Waals surface area contributed by atoms with Crippen molar-refractivity contribution in [1.29, 1.82) is 0 Å². The minimum absolute atomic E-state index is 0.487. The van der Waals surface area contributed by atoms with Gasteiger partial charge in [0.25, 0.3) is 0 Å². The highest BCUT2D eigenvalue weighted by atomic mass is 16.5. The first kappa shape index (κ1) is 12.3. The van der Waals surface area contributed by atoms with Crippen molar-refractivity contribution < 1.29 is 14.6 Å². The van der Waals surface area contributed by atoms with Crippen molar-refractivity contribution in [3.8, 4) is 5.88 Å². The number of aliphatic hydroxyl groups excluding tert-OH is 1. The third kappa shape index (κ3) is 3.38. The number of nitrogens with zero attached hydrogens (tertiary/aromatic N) is 2. The van der Waals surface area contributed by atoms with Gasteiger partial charge in [-0.25, -0.2) is 9.97 Å². The van der Waals surface area contributed by atoms with Crippen LogP contribution in [0, 0.1) is 5.92 Å². The van der Waals surface area contributed by atoms with Crippen molar-refractivity contribution in [3.05, 3.63) is 18.1 Å². The normalized spacial score (nSPS) is 18.9. The lowest BCUT2D eigenvalue weighted by molar-refractivity contribution is 0.0426. The summed E-state index contributed by atoms with van der Waals surface area (Å²) in [6.07, 6.45) is 3.62. The van der Waals surface area contributed by atoms with Crippen LogP contribution in [0.15, 0.2) is 12.4 Å². The number of hydrogen-bond acceptors (Lipinski definition) is 5. The molecule has 0 amide bonds. The number of ether oxygens (including phenoxy) is 2. The van der Waals surface area contributed by atoms with E-state index in [1.54, 1.807) is 13.2 Å². The van der Waals surface area contributed by atoms with Crippen LogP contribution >= 0.6 is 0 Å². The van der Waals surface area contributed by atoms with Gasteiger partial charge in [0.1, 0.15) is 6.33 Å². The molecule has 2 heterocycles. The summed E-state index contributed by atoms with van der Waals surface area (Å²) in [5, 5.41) is 10.1. The van der Waals surface area contributed by atoms with Gasteiger partial charge in [0.2, 0.25) is 5.88 Å². The molecule has 1 saturated heterocycles. The van der Waals surface area contributed by atoms with E-state index >= 15 is 0 Å². The lowest BCUT2D eigenvalue weighted by Gasteiger charge is -2.24. The summed E-state index contributed by atoms with van der Waals surface area (Å²) in [6, 6.07) is 1.68. The Labute approximate surface area is 101 Å². The first-order valence-corrected chi connectivity index (χ1v) is 5.91. The predicted molar refractivity (Wildman–Crippen MR) is 61.7 cm³/mol. The van der Waals surface area contributed by atoms with E-state index in [1.165, 1.54) is 6.33 Å². The maximum absolute atomic E-state index is 10.1. The first-order valence-electron chi connectivity index (χ1n) is 5.91. The van der Waals surface area contributed by atoms with Crippen LogP contribution in [0.4, 0.5) is 0 Å². The zero-order chi connectivity index (χ0) is 12.1. The third-order valence-corrected chi connectivity index (χ3v) is 3.11. The molecule has 1 N–H and O–H groups in total. The smallest absolute Gasteiger partial charge is 0.216 e. The van der Waals surface area contributed by atoms with Crippen molar-refractivity contribution in [2.45, 2.75) is 25.4 Å². The molecule has 2 rings (SSSR count). The van der Waals surface area contributed by atoms with Crippen LogP contribution < -0.4 is 4.74 Å². The highest BCUT2D eigenvalue weighted by Crippen LogP contribution is 2.27. The third-order valence-electron chi connectivity index (χ3n) is 3.11. The molecular formula is C12H18N2O3. The van der Waals surface area contributed by atoms with E-state index < -0.39 is 6.10 Å². The molecule has 5 nitrogen and oxygen atoms in total. The Kier molecular flexibility index (Phi) is 4.28. The monoisotopic (exact) mass is 238 g/mol. The fraction of sp³-hybridized carbons (Fsp3) is 0.667. The standard InChI is InChI=1S/C12H18N2O3/c1-16-12-7-10(13-8-14-12)11(15)6-9-2-4-17-5-3-9/h7-9,11,15H,2-6H2,1H3. The molecule has 0 aromatic carbocycles. The van der Waals surface area contributed by atoms with E-state index in [2.05, 4.69) is 9.97 Å². The topological polar surface area (TPSA) is 64.5 Å². The number of hydrogen-bond donors (Lipinski definition) is 1. The number of aliphatic hydroxyl groups is 1. The van der Waals surface area contributed by atoms with Crippen molar-refractivity contribution in [3.63, 3.8) is 0 Å². The fourth-order valence-electron chi connectivity index (χ4n) is 2.07. The average Bonchev–Trinajstić information content (AvgIpc) is 2.40. The lowest BCUT2D eigenvalue weighted by Crippen LogP contribution is -2.18. The molecule has 1 aliphatic rings. The maximum Gasteiger partial charge on any atom is 0.216 e. The fourth-order valence-corrected chi connectivity index (χ4v) is 2.07. The highest BCUT2D eigenvalue weighted by Gasteiger charge is 2.20. The van der Waals surface area contributed by atoms with Crippen LogP contribution in [0.2, 0.25) is 0 Å². The Morgan fingerprint density at radius 2 is 2.24 bits per heavy atom. The average molecular weight is 238 g/mol. The van der Waals surface area contributed by atoms with Gasteiger partial charge in [0.05, 0.1) is 18.9 Å². The molecule has 1 aromatic heterocycles. The van der Waals surface area contributed by atoms with E-state index in [-0.39, 0.29) is 0 Å². The summed E-state index contributed by atoms with van der Waals surface area (Å²) >= 11 is 0. The van der Waals surface area contributed by atoms with Gasteiger partial charge in [-0.05, 0) is 25.2 Å². The molecule has 0 spiro atoms. The minimum atomic E-state index is -0.546. The van der Waals surface area contributed by atoms with Gasteiger partial charge >= 0.3 is 0 Å². The largest absolute Gasteiger partial charge is 0.481 e. The molecule has 17 heavy (non-hydrogen) atoms. The quantitative estimate of drug-likeness (QED) is 0.857. The molecule has 0 bridgehead atoms. The Morgan fingerprint density at radius 3 is 2.94 bits per heavy atom. The number of aromatic nitrogens is 2. The highest BCUT2D eigenvalue weighted by molar-refractivity contribution is 5.15. The molecule has 94 valence electrons. The minimum Gasteiger partial charge on any atom is -0.481 e. The summed E-state index contributed by atoms with van der Waals surface area (Å²) < 4.78 is 10.3. The summed E-state index contributed by atoms with van der Waals surface area (Å²) in [5.41, 5.74) is 0.628. The Hall–Kier alpha value is -1.20. The van der Waals surface area contributed by atoms with Crippen LogP contribution in [-0.4, -0.2) is 35.4 Å². The Balaban J connectivity index is 1.95. The summed E-state index contributed by atoms with van der Waals surface area (Å²) in [5.74, 6) is 1.00. The lowest BCUT2D eigenvalue weighted by atomic mass is 9.92. The SMILES string of the molecule is COc1cc(C(O)CC2CCOCC2)ncn1. The van der Waals surface area contributed by atoms with Crippen molar-refractivity contribution in [1.82, 2.24) is 9.97 Å². The molecule has 0 aliphatic carbocycles. The van der Waals surface area contributed by atoms with Gasteiger partial charge in [0, 0.05) is 19.3 Å². The van der Waals surface area contributed by atoms with Crippen molar-refractivity contribution >= 4 is 0 Å². The van der Waals surface area contributed by atoms with Crippen LogP contribution in [0.5, 0.6) is 5.88 Å². The molecule has 5 heteroatoms. The van der Waals surface area contributed by atoms with Gasteiger partial charge in [-0.1, -0.05) is 0 Å². The second-order valence-corrected chi connectivity index (χ2v) is 4.29.